The van der Waals surface area contributed by atoms with Crippen molar-refractivity contribution >= 4 is 12.1 Å². The van der Waals surface area contributed by atoms with E-state index in [9.17, 15) is 14.7 Å². The Hall–Kier alpha value is -1.50. The van der Waals surface area contributed by atoms with Gasteiger partial charge in [-0.25, -0.2) is 9.59 Å². The second-order valence-corrected chi connectivity index (χ2v) is 2.87. The Labute approximate surface area is 75.1 Å². The smallest absolute Gasteiger partial charge is 0.323 e. The van der Waals surface area contributed by atoms with Gasteiger partial charge in [0.15, 0.2) is 12.4 Å². The van der Waals surface area contributed by atoms with E-state index in [0.29, 0.717) is 0 Å². The second kappa shape index (κ2) is 3.09. The van der Waals surface area contributed by atoms with Gasteiger partial charge in [-0.15, -0.1) is 0 Å². The fourth-order valence-electron chi connectivity index (χ4n) is 1.21. The predicted octanol–water partition coefficient (Wildman–Crippen LogP) is -1.70. The number of hydrogen-bond acceptors (Lipinski definition) is 3. The maximum Gasteiger partial charge on any atom is 0.323 e. The number of nitrogens with one attached hydrogen (secondary N) is 1. The molecule has 0 radical (unpaired) electrons. The van der Waals surface area contributed by atoms with Crippen LogP contribution in [0.25, 0.3) is 0 Å². The van der Waals surface area contributed by atoms with Crippen molar-refractivity contribution in [3.05, 3.63) is 0 Å². The highest BCUT2D eigenvalue weighted by molar-refractivity contribution is 5.79. The average molecular weight is 188 g/mol. The number of aliphatic hydroxyl groups is 1. The monoisotopic (exact) mass is 188 g/mol. The van der Waals surface area contributed by atoms with E-state index in [1.165, 1.54) is 19.0 Å². The molecule has 1 rings (SSSR count). The number of hydrogen-bond donors (Lipinski definition) is 3. The van der Waals surface area contributed by atoms with Crippen molar-refractivity contribution in [2.24, 2.45) is 5.73 Å². The molecule has 1 fully saturated rings. The third-order valence-corrected chi connectivity index (χ3v) is 1.99. The van der Waals surface area contributed by atoms with E-state index in [4.69, 9.17) is 5.73 Å². The molecule has 4 N–H and O–H groups in total. The largest absolute Gasteiger partial charge is 0.370 e. The highest BCUT2D eigenvalue weighted by atomic mass is 16.3. The van der Waals surface area contributed by atoms with E-state index < -0.39 is 18.4 Å². The van der Waals surface area contributed by atoms with Gasteiger partial charge in [0.25, 0.3) is 0 Å². The van der Waals surface area contributed by atoms with E-state index >= 15 is 0 Å². The van der Waals surface area contributed by atoms with E-state index in [2.05, 4.69) is 5.32 Å². The zero-order valence-electron chi connectivity index (χ0n) is 7.39. The summed E-state index contributed by atoms with van der Waals surface area (Å²) >= 11 is 0. The zero-order chi connectivity index (χ0) is 10.2. The summed E-state index contributed by atoms with van der Waals surface area (Å²) in [6.07, 6.45) is -1.85. The molecule has 1 aliphatic heterocycles. The van der Waals surface area contributed by atoms with Crippen LogP contribution in [0.2, 0.25) is 0 Å². The lowest BCUT2D eigenvalue weighted by molar-refractivity contribution is 0.0399. The van der Waals surface area contributed by atoms with E-state index in [0.717, 1.165) is 4.90 Å². The quantitative estimate of drug-likeness (QED) is 0.457. The summed E-state index contributed by atoms with van der Waals surface area (Å²) in [5.41, 5.74) is 4.87. The number of primary amides is 1. The first-order valence-corrected chi connectivity index (χ1v) is 3.69. The van der Waals surface area contributed by atoms with Gasteiger partial charge in [0.05, 0.1) is 0 Å². The Morgan fingerprint density at radius 3 is 2.38 bits per heavy atom. The molecule has 1 heterocycles. The number of nitrogens with zero attached hydrogens (tertiary/aromatic N) is 2. The number of rotatable bonds is 1. The number of likely N-dealkylation sites (N-methyl/N-ethyl adjacent to an activating group) is 2. The lowest BCUT2D eigenvalue weighted by atomic mass is 10.4. The van der Waals surface area contributed by atoms with Crippen LogP contribution in [0.1, 0.15) is 0 Å². The highest BCUT2D eigenvalue weighted by Crippen LogP contribution is 2.15. The number of amides is 4. The Bertz CT molecular complexity index is 244. The summed E-state index contributed by atoms with van der Waals surface area (Å²) in [5.74, 6) is 0. The van der Waals surface area contributed by atoms with E-state index in [1.807, 2.05) is 0 Å². The average Bonchev–Trinajstić information content (AvgIpc) is 2.22. The molecular weight excluding hydrogens is 176 g/mol. The fraction of sp³-hybridized carbons (Fsp3) is 0.667. The first-order valence-electron chi connectivity index (χ1n) is 3.69. The van der Waals surface area contributed by atoms with Crippen LogP contribution in [0.4, 0.5) is 9.59 Å². The van der Waals surface area contributed by atoms with Crippen LogP contribution < -0.4 is 11.1 Å². The molecule has 7 nitrogen and oxygen atoms in total. The lowest BCUT2D eigenvalue weighted by Crippen LogP contribution is -2.51. The minimum absolute atomic E-state index is 0.369. The standard InChI is InChI=1S/C6H12N4O3/c1-9-3(8-5(7)12)4(11)10(2)6(9)13/h3-4,11H,1-2H3,(H3,7,8,12). The molecule has 0 aromatic heterocycles. The summed E-state index contributed by atoms with van der Waals surface area (Å²) in [5, 5.41) is 11.7. The summed E-state index contributed by atoms with van der Waals surface area (Å²) < 4.78 is 0. The molecule has 4 amide bonds. The van der Waals surface area contributed by atoms with Crippen LogP contribution in [0.15, 0.2) is 0 Å². The minimum Gasteiger partial charge on any atom is -0.370 e. The molecule has 0 saturated carbocycles. The third-order valence-electron chi connectivity index (χ3n) is 1.99. The van der Waals surface area contributed by atoms with Gasteiger partial charge in [-0.05, 0) is 0 Å². The molecule has 74 valence electrons. The predicted molar refractivity (Wildman–Crippen MR) is 43.4 cm³/mol. The number of aliphatic hydroxyl groups excluding tert-OH is 1. The van der Waals surface area contributed by atoms with Crippen LogP contribution in [-0.2, 0) is 0 Å². The molecule has 0 aromatic carbocycles. The molecule has 0 bridgehead atoms. The van der Waals surface area contributed by atoms with Gasteiger partial charge in [-0.2, -0.15) is 0 Å². The molecule has 0 aromatic rings. The molecule has 1 saturated heterocycles. The SMILES string of the molecule is CN1C(=O)N(C)C(NC(N)=O)C1O. The van der Waals surface area contributed by atoms with E-state index in [1.54, 1.807) is 0 Å². The zero-order valence-corrected chi connectivity index (χ0v) is 7.39. The van der Waals surface area contributed by atoms with E-state index in [-0.39, 0.29) is 6.03 Å². The molecular formula is C6H12N4O3. The van der Waals surface area contributed by atoms with Crippen molar-refractivity contribution in [2.75, 3.05) is 14.1 Å². The van der Waals surface area contributed by atoms with Crippen molar-refractivity contribution in [3.63, 3.8) is 0 Å². The van der Waals surface area contributed by atoms with Crippen molar-refractivity contribution < 1.29 is 14.7 Å². The van der Waals surface area contributed by atoms with Gasteiger partial charge in [0, 0.05) is 14.1 Å². The number of nitrogens with two attached hydrogens (primary N) is 1. The summed E-state index contributed by atoms with van der Waals surface area (Å²) in [7, 11) is 2.90. The fourth-order valence-corrected chi connectivity index (χ4v) is 1.21. The highest BCUT2D eigenvalue weighted by Gasteiger charge is 2.41. The summed E-state index contributed by atoms with van der Waals surface area (Å²) in [6, 6.07) is -1.15. The number of carbonyl (C=O) groups is 2. The lowest BCUT2D eigenvalue weighted by Gasteiger charge is -2.20. The van der Waals surface area contributed by atoms with Gasteiger partial charge in [0.2, 0.25) is 0 Å². The topological polar surface area (TPSA) is 98.9 Å². The Kier molecular flexibility index (Phi) is 2.28. The Morgan fingerprint density at radius 2 is 2.08 bits per heavy atom. The Morgan fingerprint density at radius 1 is 1.54 bits per heavy atom. The molecule has 13 heavy (non-hydrogen) atoms. The Balaban J connectivity index is 2.75. The van der Waals surface area contributed by atoms with Gasteiger partial charge < -0.3 is 21.1 Å². The summed E-state index contributed by atoms with van der Waals surface area (Å²) in [6.45, 7) is 0. The molecule has 0 aliphatic carbocycles. The number of carbonyl (C=O) groups excluding carboxylic acids is 2. The normalized spacial score (nSPS) is 28.1. The van der Waals surface area contributed by atoms with Gasteiger partial charge in [-0.1, -0.05) is 0 Å². The summed E-state index contributed by atoms with van der Waals surface area (Å²) in [4.78, 5) is 24.0. The van der Waals surface area contributed by atoms with Crippen molar-refractivity contribution in [2.45, 2.75) is 12.4 Å². The first-order chi connectivity index (χ1) is 5.95. The van der Waals surface area contributed by atoms with Gasteiger partial charge in [0.1, 0.15) is 0 Å². The number of urea groups is 2. The maximum absolute atomic E-state index is 11.2. The van der Waals surface area contributed by atoms with Crippen LogP contribution in [0.5, 0.6) is 0 Å². The van der Waals surface area contributed by atoms with Gasteiger partial charge in [-0.3, -0.25) is 4.90 Å². The van der Waals surface area contributed by atoms with Crippen molar-refractivity contribution in [3.8, 4) is 0 Å². The molecule has 2 atom stereocenters. The van der Waals surface area contributed by atoms with Crippen molar-refractivity contribution in [1.29, 1.82) is 0 Å². The molecule has 1 aliphatic rings. The van der Waals surface area contributed by atoms with Gasteiger partial charge >= 0.3 is 12.1 Å². The van der Waals surface area contributed by atoms with Crippen molar-refractivity contribution in [1.82, 2.24) is 15.1 Å². The van der Waals surface area contributed by atoms with Crippen LogP contribution in [0, 0.1) is 0 Å². The molecule has 0 spiro atoms. The maximum atomic E-state index is 11.2. The second-order valence-electron chi connectivity index (χ2n) is 2.87. The first kappa shape index (κ1) is 9.59. The third kappa shape index (κ3) is 1.50. The van der Waals surface area contributed by atoms with Crippen LogP contribution in [-0.4, -0.2) is 53.5 Å². The van der Waals surface area contributed by atoms with Crippen LogP contribution in [0.3, 0.4) is 0 Å². The molecule has 2 unspecified atom stereocenters. The minimum atomic E-state index is -1.06. The molecule has 7 heteroatoms. The van der Waals surface area contributed by atoms with Crippen LogP contribution >= 0.6 is 0 Å².